The summed E-state index contributed by atoms with van der Waals surface area (Å²) >= 11 is 1.86. The van der Waals surface area contributed by atoms with Crippen LogP contribution in [0.3, 0.4) is 0 Å². The average Bonchev–Trinajstić information content (AvgIpc) is 2.31. The van der Waals surface area contributed by atoms with E-state index in [1.54, 1.807) is 4.90 Å². The number of hydrogen-bond acceptors (Lipinski definition) is 3. The molecule has 6 heteroatoms. The molecule has 0 aromatic rings. The van der Waals surface area contributed by atoms with Crippen LogP contribution in [0.4, 0.5) is 4.79 Å². The minimum atomic E-state index is -0.955. The van der Waals surface area contributed by atoms with E-state index in [-0.39, 0.29) is 18.6 Å². The molecular formula is C12H22N2O3S. The van der Waals surface area contributed by atoms with Crippen molar-refractivity contribution < 1.29 is 14.7 Å². The van der Waals surface area contributed by atoms with Crippen molar-refractivity contribution >= 4 is 23.8 Å². The summed E-state index contributed by atoms with van der Waals surface area (Å²) in [4.78, 5) is 26.4. The molecule has 2 atom stereocenters. The van der Waals surface area contributed by atoms with Gasteiger partial charge in [0.1, 0.15) is 6.54 Å². The number of amides is 2. The van der Waals surface area contributed by atoms with Crippen molar-refractivity contribution in [3.05, 3.63) is 0 Å². The van der Waals surface area contributed by atoms with Crippen molar-refractivity contribution in [2.45, 2.75) is 38.5 Å². The molecule has 1 aliphatic heterocycles. The number of carboxylic acids is 1. The molecule has 1 N–H and O–H groups in total. The van der Waals surface area contributed by atoms with Crippen LogP contribution >= 0.6 is 11.8 Å². The lowest BCUT2D eigenvalue weighted by molar-refractivity contribution is -0.137. The highest BCUT2D eigenvalue weighted by molar-refractivity contribution is 8.00. The van der Waals surface area contributed by atoms with E-state index in [0.29, 0.717) is 18.3 Å². The Hall–Kier alpha value is -0.910. The molecule has 1 saturated heterocycles. The van der Waals surface area contributed by atoms with Gasteiger partial charge < -0.3 is 14.9 Å². The van der Waals surface area contributed by atoms with Crippen molar-refractivity contribution in [1.82, 2.24) is 9.80 Å². The smallest absolute Gasteiger partial charge is 0.323 e. The summed E-state index contributed by atoms with van der Waals surface area (Å²) < 4.78 is 0. The number of hydrogen-bond donors (Lipinski definition) is 1. The lowest BCUT2D eigenvalue weighted by atomic mass is 10.2. The Bertz CT molecular complexity index is 312. The maximum Gasteiger partial charge on any atom is 0.323 e. The minimum absolute atomic E-state index is 0.140. The fraction of sp³-hybridized carbons (Fsp3) is 0.833. The third-order valence-corrected chi connectivity index (χ3v) is 4.56. The molecule has 2 amide bonds. The fourth-order valence-corrected chi connectivity index (χ4v) is 3.16. The Balaban J connectivity index is 2.71. The van der Waals surface area contributed by atoms with Gasteiger partial charge in [-0.1, -0.05) is 13.8 Å². The molecule has 0 aliphatic carbocycles. The summed E-state index contributed by atoms with van der Waals surface area (Å²) in [5, 5.41) is 9.26. The molecule has 0 spiro atoms. The maximum atomic E-state index is 12.4. The second-order valence-electron chi connectivity index (χ2n) is 4.61. The number of thioether (sulfide) groups is 1. The number of aliphatic carboxylic acids is 1. The SMILES string of the molecule is CCCN(CC(=O)O)C(=O)N1CCSC(C)C1C. The second-order valence-corrected chi connectivity index (χ2v) is 6.09. The maximum absolute atomic E-state index is 12.4. The molecule has 0 bridgehead atoms. The fourth-order valence-electron chi connectivity index (χ4n) is 2.06. The van der Waals surface area contributed by atoms with Gasteiger partial charge in [-0.3, -0.25) is 4.79 Å². The van der Waals surface area contributed by atoms with Crippen LogP contribution in [0, 0.1) is 0 Å². The largest absolute Gasteiger partial charge is 0.480 e. The minimum Gasteiger partial charge on any atom is -0.480 e. The highest BCUT2D eigenvalue weighted by Gasteiger charge is 2.31. The molecule has 5 nitrogen and oxygen atoms in total. The van der Waals surface area contributed by atoms with E-state index in [4.69, 9.17) is 5.11 Å². The van der Waals surface area contributed by atoms with Gasteiger partial charge in [-0.2, -0.15) is 11.8 Å². The molecule has 18 heavy (non-hydrogen) atoms. The Morgan fingerprint density at radius 1 is 1.44 bits per heavy atom. The van der Waals surface area contributed by atoms with Gasteiger partial charge in [0.2, 0.25) is 0 Å². The van der Waals surface area contributed by atoms with Crippen LogP contribution in [-0.2, 0) is 4.79 Å². The predicted octanol–water partition coefficient (Wildman–Crippen LogP) is 1.73. The van der Waals surface area contributed by atoms with Gasteiger partial charge >= 0.3 is 12.0 Å². The Kier molecular flexibility index (Phi) is 5.78. The summed E-state index contributed by atoms with van der Waals surface area (Å²) in [6.45, 7) is 7.07. The molecule has 1 heterocycles. The lowest BCUT2D eigenvalue weighted by Gasteiger charge is -2.40. The predicted molar refractivity (Wildman–Crippen MR) is 73.0 cm³/mol. The first-order chi connectivity index (χ1) is 8.47. The van der Waals surface area contributed by atoms with Gasteiger partial charge in [-0.15, -0.1) is 0 Å². The zero-order valence-corrected chi connectivity index (χ0v) is 12.1. The topological polar surface area (TPSA) is 60.9 Å². The quantitative estimate of drug-likeness (QED) is 0.848. The second kappa shape index (κ2) is 6.87. The number of nitrogens with zero attached hydrogens (tertiary/aromatic N) is 2. The number of carbonyl (C=O) groups excluding carboxylic acids is 1. The highest BCUT2D eigenvalue weighted by Crippen LogP contribution is 2.25. The van der Waals surface area contributed by atoms with E-state index in [1.165, 1.54) is 4.90 Å². The number of urea groups is 1. The van der Waals surface area contributed by atoms with Crippen molar-refractivity contribution in [3.8, 4) is 0 Å². The molecular weight excluding hydrogens is 252 g/mol. The zero-order valence-electron chi connectivity index (χ0n) is 11.3. The van der Waals surface area contributed by atoms with Gasteiger partial charge in [0.25, 0.3) is 0 Å². The number of rotatable bonds is 4. The third-order valence-electron chi connectivity index (χ3n) is 3.22. The Labute approximate surface area is 113 Å². The van der Waals surface area contributed by atoms with Gasteiger partial charge in [-0.25, -0.2) is 4.79 Å². The molecule has 2 unspecified atom stereocenters. The molecule has 104 valence electrons. The van der Waals surface area contributed by atoms with Crippen LogP contribution < -0.4 is 0 Å². The monoisotopic (exact) mass is 274 g/mol. The van der Waals surface area contributed by atoms with Crippen LogP contribution in [0.15, 0.2) is 0 Å². The number of carboxylic acid groups (broad SMARTS) is 1. The van der Waals surface area contributed by atoms with E-state index in [0.717, 1.165) is 12.2 Å². The average molecular weight is 274 g/mol. The third kappa shape index (κ3) is 3.80. The summed E-state index contributed by atoms with van der Waals surface area (Å²) in [7, 11) is 0. The van der Waals surface area contributed by atoms with E-state index in [2.05, 4.69) is 6.92 Å². The molecule has 1 aliphatic rings. The zero-order chi connectivity index (χ0) is 13.7. The van der Waals surface area contributed by atoms with Crippen LogP contribution in [0.1, 0.15) is 27.2 Å². The van der Waals surface area contributed by atoms with Crippen LogP contribution in [0.25, 0.3) is 0 Å². The summed E-state index contributed by atoms with van der Waals surface area (Å²) in [6, 6.07) is 0.0169. The van der Waals surface area contributed by atoms with Crippen LogP contribution in [0.5, 0.6) is 0 Å². The molecule has 0 saturated carbocycles. The summed E-state index contributed by atoms with van der Waals surface area (Å²) in [6.07, 6.45) is 0.769. The highest BCUT2D eigenvalue weighted by atomic mass is 32.2. The normalized spacial score (nSPS) is 23.8. The van der Waals surface area contributed by atoms with Gasteiger partial charge in [0.15, 0.2) is 0 Å². The lowest BCUT2D eigenvalue weighted by Crippen LogP contribution is -2.54. The molecule has 1 rings (SSSR count). The van der Waals surface area contributed by atoms with Crippen LogP contribution in [-0.4, -0.2) is 63.6 Å². The van der Waals surface area contributed by atoms with E-state index in [9.17, 15) is 9.59 Å². The van der Waals surface area contributed by atoms with E-state index in [1.807, 2.05) is 25.6 Å². The van der Waals surface area contributed by atoms with Crippen molar-refractivity contribution in [3.63, 3.8) is 0 Å². The first-order valence-electron chi connectivity index (χ1n) is 6.36. The summed E-state index contributed by atoms with van der Waals surface area (Å²) in [5.74, 6) is -0.0338. The first-order valence-corrected chi connectivity index (χ1v) is 7.41. The molecule has 0 radical (unpaired) electrons. The van der Waals surface area contributed by atoms with E-state index >= 15 is 0 Å². The molecule has 1 fully saturated rings. The van der Waals surface area contributed by atoms with Crippen molar-refractivity contribution in [1.29, 1.82) is 0 Å². The van der Waals surface area contributed by atoms with E-state index < -0.39 is 5.97 Å². The Morgan fingerprint density at radius 3 is 2.67 bits per heavy atom. The van der Waals surface area contributed by atoms with Gasteiger partial charge in [0.05, 0.1) is 0 Å². The van der Waals surface area contributed by atoms with Gasteiger partial charge in [0, 0.05) is 30.1 Å². The molecule has 0 aromatic carbocycles. The summed E-state index contributed by atoms with van der Waals surface area (Å²) in [5.41, 5.74) is 0. The van der Waals surface area contributed by atoms with Crippen molar-refractivity contribution in [2.24, 2.45) is 0 Å². The van der Waals surface area contributed by atoms with Crippen molar-refractivity contribution in [2.75, 3.05) is 25.4 Å². The standard InChI is InChI=1S/C12H22N2O3S/c1-4-5-13(8-11(15)16)12(17)14-6-7-18-10(3)9(14)2/h9-10H,4-8H2,1-3H3,(H,15,16). The molecule has 0 aromatic heterocycles. The van der Waals surface area contributed by atoms with Gasteiger partial charge in [-0.05, 0) is 13.3 Å². The Morgan fingerprint density at radius 2 is 2.11 bits per heavy atom. The number of carbonyl (C=O) groups is 2. The first kappa shape index (κ1) is 15.1. The van der Waals surface area contributed by atoms with Crippen LogP contribution in [0.2, 0.25) is 0 Å².